The Morgan fingerprint density at radius 3 is 2.42 bits per heavy atom. The second-order valence-electron chi connectivity index (χ2n) is 5.30. The zero-order valence-corrected chi connectivity index (χ0v) is 13.1. The molecular weight excluding hydrogens is 260 g/mol. The minimum atomic E-state index is 0.00975. The summed E-state index contributed by atoms with van der Waals surface area (Å²) in [5.74, 6) is 2.47. The molecule has 0 saturated carbocycles. The van der Waals surface area contributed by atoms with Gasteiger partial charge in [-0.2, -0.15) is 12.6 Å². The van der Waals surface area contributed by atoms with Gasteiger partial charge in [-0.05, 0) is 23.6 Å². The average molecular weight is 284 g/mol. The second-order valence-corrected chi connectivity index (χ2v) is 5.74. The van der Waals surface area contributed by atoms with Crippen LogP contribution < -0.4 is 9.47 Å². The van der Waals surface area contributed by atoms with E-state index in [-0.39, 0.29) is 5.41 Å². The molecule has 0 spiro atoms. The summed E-state index contributed by atoms with van der Waals surface area (Å²) in [6, 6.07) is 5.90. The van der Waals surface area contributed by atoms with Crippen LogP contribution in [0.3, 0.4) is 0 Å². The summed E-state index contributed by atoms with van der Waals surface area (Å²) in [4.78, 5) is 0. The summed E-state index contributed by atoms with van der Waals surface area (Å²) < 4.78 is 16.4. The summed E-state index contributed by atoms with van der Waals surface area (Å²) in [6.07, 6.45) is 0. The molecule has 0 saturated heterocycles. The van der Waals surface area contributed by atoms with Gasteiger partial charge in [0.2, 0.25) is 0 Å². The van der Waals surface area contributed by atoms with Crippen molar-refractivity contribution in [3.05, 3.63) is 23.8 Å². The monoisotopic (exact) mass is 284 g/mol. The van der Waals surface area contributed by atoms with Gasteiger partial charge in [0.15, 0.2) is 0 Å². The van der Waals surface area contributed by atoms with Gasteiger partial charge >= 0.3 is 0 Å². The molecule has 0 radical (unpaired) electrons. The zero-order valence-electron chi connectivity index (χ0n) is 12.2. The van der Waals surface area contributed by atoms with E-state index in [1.165, 1.54) is 0 Å². The summed E-state index contributed by atoms with van der Waals surface area (Å²) in [5.41, 5.74) is 1.15. The third kappa shape index (κ3) is 5.33. The van der Waals surface area contributed by atoms with E-state index in [1.807, 2.05) is 18.2 Å². The van der Waals surface area contributed by atoms with Crippen molar-refractivity contribution in [2.75, 3.05) is 32.7 Å². The van der Waals surface area contributed by atoms with E-state index in [1.54, 1.807) is 7.11 Å². The van der Waals surface area contributed by atoms with E-state index in [0.717, 1.165) is 22.8 Å². The van der Waals surface area contributed by atoms with Crippen LogP contribution in [0.25, 0.3) is 0 Å². The van der Waals surface area contributed by atoms with Gasteiger partial charge in [0.25, 0.3) is 0 Å². The molecule has 108 valence electrons. The number of hydrogen-bond donors (Lipinski definition) is 1. The number of methoxy groups -OCH3 is 1. The van der Waals surface area contributed by atoms with E-state index in [2.05, 4.69) is 33.4 Å². The van der Waals surface area contributed by atoms with Crippen LogP contribution in [0.4, 0.5) is 0 Å². The highest BCUT2D eigenvalue weighted by atomic mass is 32.1. The van der Waals surface area contributed by atoms with Crippen molar-refractivity contribution in [3.8, 4) is 11.5 Å². The molecule has 0 aliphatic rings. The fourth-order valence-corrected chi connectivity index (χ4v) is 1.85. The van der Waals surface area contributed by atoms with Crippen LogP contribution in [-0.2, 0) is 10.2 Å². The first-order chi connectivity index (χ1) is 8.99. The van der Waals surface area contributed by atoms with Crippen molar-refractivity contribution in [2.45, 2.75) is 26.2 Å². The van der Waals surface area contributed by atoms with Crippen LogP contribution >= 0.6 is 12.6 Å². The molecule has 1 aromatic rings. The fraction of sp³-hybridized carbons (Fsp3) is 0.600. The molecule has 0 heterocycles. The molecule has 4 heteroatoms. The van der Waals surface area contributed by atoms with Crippen molar-refractivity contribution in [2.24, 2.45) is 0 Å². The molecule has 0 bridgehead atoms. The molecule has 0 N–H and O–H groups in total. The lowest BCUT2D eigenvalue weighted by Crippen LogP contribution is -2.15. The minimum absolute atomic E-state index is 0.00975. The Morgan fingerprint density at radius 2 is 1.84 bits per heavy atom. The third-order valence-electron chi connectivity index (χ3n) is 2.72. The molecule has 0 aromatic heterocycles. The number of hydrogen-bond acceptors (Lipinski definition) is 4. The quantitative estimate of drug-likeness (QED) is 0.615. The van der Waals surface area contributed by atoms with Gasteiger partial charge in [-0.3, -0.25) is 0 Å². The first-order valence-corrected chi connectivity index (χ1v) is 7.12. The van der Waals surface area contributed by atoms with Crippen molar-refractivity contribution >= 4 is 12.6 Å². The Morgan fingerprint density at radius 1 is 1.11 bits per heavy atom. The van der Waals surface area contributed by atoms with E-state index in [0.29, 0.717) is 19.8 Å². The van der Waals surface area contributed by atoms with Crippen molar-refractivity contribution in [1.29, 1.82) is 0 Å². The predicted molar refractivity (Wildman–Crippen MR) is 81.9 cm³/mol. The molecule has 3 nitrogen and oxygen atoms in total. The number of ether oxygens (including phenoxy) is 3. The first-order valence-electron chi connectivity index (χ1n) is 6.49. The number of thiol groups is 1. The minimum Gasteiger partial charge on any atom is -0.497 e. The van der Waals surface area contributed by atoms with Crippen LogP contribution in [-0.4, -0.2) is 32.7 Å². The Kier molecular flexibility index (Phi) is 6.52. The average Bonchev–Trinajstić information content (AvgIpc) is 2.37. The van der Waals surface area contributed by atoms with Crippen LogP contribution in [0.5, 0.6) is 11.5 Å². The van der Waals surface area contributed by atoms with Crippen LogP contribution in [0, 0.1) is 0 Å². The smallest absolute Gasteiger partial charge is 0.123 e. The Balaban J connectivity index is 2.71. The highest BCUT2D eigenvalue weighted by molar-refractivity contribution is 7.80. The van der Waals surface area contributed by atoms with Crippen molar-refractivity contribution in [1.82, 2.24) is 0 Å². The number of benzene rings is 1. The van der Waals surface area contributed by atoms with Gasteiger partial charge in [0.1, 0.15) is 18.1 Å². The third-order valence-corrected chi connectivity index (χ3v) is 2.90. The zero-order chi connectivity index (χ0) is 14.3. The van der Waals surface area contributed by atoms with Gasteiger partial charge in [-0.15, -0.1) is 0 Å². The molecular formula is C15H24O3S. The van der Waals surface area contributed by atoms with Crippen LogP contribution in [0.15, 0.2) is 18.2 Å². The second kappa shape index (κ2) is 7.65. The summed E-state index contributed by atoms with van der Waals surface area (Å²) >= 11 is 4.09. The topological polar surface area (TPSA) is 27.7 Å². The maximum atomic E-state index is 5.80. The van der Waals surface area contributed by atoms with Crippen LogP contribution in [0.2, 0.25) is 0 Å². The summed E-state index contributed by atoms with van der Waals surface area (Å²) in [5, 5.41) is 0. The summed E-state index contributed by atoms with van der Waals surface area (Å²) in [6.45, 7) is 8.25. The number of rotatable bonds is 7. The lowest BCUT2D eigenvalue weighted by atomic mass is 9.86. The van der Waals surface area contributed by atoms with Gasteiger partial charge < -0.3 is 14.2 Å². The molecule has 0 aliphatic carbocycles. The lowest BCUT2D eigenvalue weighted by Gasteiger charge is -2.23. The molecule has 0 fully saturated rings. The first kappa shape index (κ1) is 16.2. The Labute approximate surface area is 121 Å². The van der Waals surface area contributed by atoms with Gasteiger partial charge in [-0.25, -0.2) is 0 Å². The van der Waals surface area contributed by atoms with Gasteiger partial charge in [0.05, 0.1) is 20.3 Å². The van der Waals surface area contributed by atoms with E-state index >= 15 is 0 Å². The van der Waals surface area contributed by atoms with Crippen molar-refractivity contribution < 1.29 is 14.2 Å². The normalized spacial score (nSPS) is 11.4. The largest absolute Gasteiger partial charge is 0.497 e. The Bertz CT molecular complexity index is 385. The predicted octanol–water partition coefficient (Wildman–Crippen LogP) is 3.32. The molecule has 19 heavy (non-hydrogen) atoms. The standard InChI is InChI=1S/C15H24O3S/c1-15(2,3)13-11-12(16-4)5-6-14(13)18-8-7-17-9-10-19/h5-6,11,19H,7-10H2,1-4H3. The van der Waals surface area contributed by atoms with E-state index in [4.69, 9.17) is 14.2 Å². The van der Waals surface area contributed by atoms with Crippen LogP contribution in [0.1, 0.15) is 26.3 Å². The maximum absolute atomic E-state index is 5.80. The maximum Gasteiger partial charge on any atom is 0.123 e. The highest BCUT2D eigenvalue weighted by Crippen LogP contribution is 2.34. The molecule has 0 unspecified atom stereocenters. The van der Waals surface area contributed by atoms with E-state index in [9.17, 15) is 0 Å². The van der Waals surface area contributed by atoms with Gasteiger partial charge in [0, 0.05) is 11.3 Å². The van der Waals surface area contributed by atoms with Crippen molar-refractivity contribution in [3.63, 3.8) is 0 Å². The molecule has 0 atom stereocenters. The summed E-state index contributed by atoms with van der Waals surface area (Å²) in [7, 11) is 1.67. The fourth-order valence-electron chi connectivity index (χ4n) is 1.73. The molecule has 0 aliphatic heterocycles. The lowest BCUT2D eigenvalue weighted by molar-refractivity contribution is 0.111. The SMILES string of the molecule is COc1ccc(OCCOCCS)c(C(C)(C)C)c1. The Hall–Kier alpha value is -0.870. The molecule has 0 amide bonds. The molecule has 1 rings (SSSR count). The molecule has 1 aromatic carbocycles. The van der Waals surface area contributed by atoms with Gasteiger partial charge in [-0.1, -0.05) is 20.8 Å². The van der Waals surface area contributed by atoms with E-state index < -0.39 is 0 Å². The highest BCUT2D eigenvalue weighted by Gasteiger charge is 2.19.